The summed E-state index contributed by atoms with van der Waals surface area (Å²) in [5.74, 6) is 0. The second-order valence-electron chi connectivity index (χ2n) is 8.00. The highest BCUT2D eigenvalue weighted by atomic mass is 32.3. The van der Waals surface area contributed by atoms with Crippen molar-refractivity contribution < 1.29 is 43.1 Å². The monoisotopic (exact) mass is 554 g/mol. The highest BCUT2D eigenvalue weighted by molar-refractivity contribution is 7.89. The van der Waals surface area contributed by atoms with Gasteiger partial charge in [0.15, 0.2) is 0 Å². The third-order valence-electron chi connectivity index (χ3n) is 5.11. The highest BCUT2D eigenvalue weighted by Crippen LogP contribution is 2.29. The van der Waals surface area contributed by atoms with Gasteiger partial charge in [0.2, 0.25) is 0 Å². The molecule has 0 bridgehead atoms. The molecular formula is C22H34O10S3. The quantitative estimate of drug-likeness (QED) is 0.212. The average molecular weight is 555 g/mol. The summed E-state index contributed by atoms with van der Waals surface area (Å²) < 4.78 is 95.9. The van der Waals surface area contributed by atoms with E-state index < -0.39 is 40.4 Å². The smallest absolute Gasteiger partial charge is 0.282 e. The molecule has 35 heavy (non-hydrogen) atoms. The van der Waals surface area contributed by atoms with E-state index in [9.17, 15) is 25.3 Å². The lowest BCUT2D eigenvalue weighted by molar-refractivity contribution is 0.261. The largest absolute Gasteiger partial charge is 0.397 e. The van der Waals surface area contributed by atoms with Crippen LogP contribution in [0.3, 0.4) is 0 Å². The molecule has 0 saturated carbocycles. The van der Waals surface area contributed by atoms with Crippen molar-refractivity contribution in [1.82, 2.24) is 0 Å². The van der Waals surface area contributed by atoms with Crippen LogP contribution in [0.4, 0.5) is 0 Å². The molecule has 10 nitrogen and oxygen atoms in total. The Hall–Kier alpha value is -1.61. The van der Waals surface area contributed by atoms with Crippen LogP contribution in [0.5, 0.6) is 0 Å². The van der Waals surface area contributed by atoms with Crippen LogP contribution in [0.2, 0.25) is 0 Å². The molecule has 0 unspecified atom stereocenters. The minimum Gasteiger partial charge on any atom is -0.282 e. The van der Waals surface area contributed by atoms with Crippen LogP contribution in [0.15, 0.2) is 46.2 Å². The first-order chi connectivity index (χ1) is 16.3. The Balaban J connectivity index is 0.000000351. The Labute approximate surface area is 208 Å². The summed E-state index contributed by atoms with van der Waals surface area (Å²) >= 11 is 0. The predicted molar refractivity (Wildman–Crippen MR) is 133 cm³/mol. The fourth-order valence-electron chi connectivity index (χ4n) is 3.45. The predicted octanol–water partition coefficient (Wildman–Crippen LogP) is 5.06. The van der Waals surface area contributed by atoms with E-state index in [0.29, 0.717) is 11.8 Å². The van der Waals surface area contributed by atoms with Crippen molar-refractivity contribution in [1.29, 1.82) is 0 Å². The van der Waals surface area contributed by atoms with Gasteiger partial charge >= 0.3 is 10.4 Å². The molecule has 0 fully saturated rings. The normalized spacial score (nSPS) is 12.3. The van der Waals surface area contributed by atoms with Crippen molar-refractivity contribution in [3.8, 4) is 0 Å². The molecule has 2 aromatic rings. The molecule has 0 saturated heterocycles. The second kappa shape index (κ2) is 14.8. The van der Waals surface area contributed by atoms with Gasteiger partial charge in [0.25, 0.3) is 20.2 Å². The maximum atomic E-state index is 11.3. The third kappa shape index (κ3) is 12.8. The van der Waals surface area contributed by atoms with E-state index in [1.54, 1.807) is 12.1 Å². The first-order valence-corrected chi connectivity index (χ1v) is 15.6. The number of benzene rings is 2. The van der Waals surface area contributed by atoms with E-state index >= 15 is 0 Å². The van der Waals surface area contributed by atoms with E-state index in [2.05, 4.69) is 11.1 Å². The summed E-state index contributed by atoms with van der Waals surface area (Å²) in [6.07, 6.45) is 11.9. The van der Waals surface area contributed by atoms with E-state index in [4.69, 9.17) is 13.7 Å². The van der Waals surface area contributed by atoms with Gasteiger partial charge in [-0.1, -0.05) is 95.0 Å². The Morgan fingerprint density at radius 3 is 1.66 bits per heavy atom. The highest BCUT2D eigenvalue weighted by Gasteiger charge is 2.26. The second-order valence-corrected chi connectivity index (χ2v) is 11.8. The van der Waals surface area contributed by atoms with Crippen LogP contribution in [-0.2, 0) is 34.8 Å². The van der Waals surface area contributed by atoms with Crippen LogP contribution in [0.1, 0.15) is 71.1 Å². The fraction of sp³-hybridized carbons (Fsp3) is 0.545. The zero-order valence-corrected chi connectivity index (χ0v) is 22.1. The molecule has 200 valence electrons. The van der Waals surface area contributed by atoms with Gasteiger partial charge in [-0.05, 0) is 17.9 Å². The number of hydrogen-bond donors (Lipinski definition) is 3. The van der Waals surface area contributed by atoms with E-state index in [0.717, 1.165) is 18.9 Å². The molecule has 0 aromatic heterocycles. The minimum absolute atomic E-state index is 0.0233. The molecule has 0 aliphatic carbocycles. The summed E-state index contributed by atoms with van der Waals surface area (Å²) in [5.41, 5.74) is 0. The Morgan fingerprint density at radius 1 is 0.657 bits per heavy atom. The molecule has 2 rings (SSSR count). The molecule has 0 atom stereocenters. The number of fused-ring (bicyclic) bond motifs is 1. The van der Waals surface area contributed by atoms with Gasteiger partial charge < -0.3 is 0 Å². The van der Waals surface area contributed by atoms with Crippen molar-refractivity contribution in [2.45, 2.75) is 80.9 Å². The lowest BCUT2D eigenvalue weighted by Gasteiger charge is -2.08. The van der Waals surface area contributed by atoms with Gasteiger partial charge in [0.1, 0.15) is 9.79 Å². The zero-order chi connectivity index (χ0) is 26.5. The van der Waals surface area contributed by atoms with Crippen LogP contribution < -0.4 is 0 Å². The summed E-state index contributed by atoms with van der Waals surface area (Å²) in [7, 11) is -13.8. The minimum atomic E-state index is -4.78. The maximum absolute atomic E-state index is 11.3. The molecule has 13 heteroatoms. The van der Waals surface area contributed by atoms with Crippen molar-refractivity contribution in [3.63, 3.8) is 0 Å². The van der Waals surface area contributed by atoms with Gasteiger partial charge in [-0.25, -0.2) is 4.18 Å². The standard InChI is InChI=1S/C12H26O4S.C10H8O6S2/c1-2-3-4-5-6-7-8-9-10-11-12-16-17(13,14)15;11-17(12,13)9-6-5-7-3-1-2-4-8(7)10(9)18(14,15)16/h2-12H2,1H3,(H,13,14,15);1-6H,(H,11,12,13)(H,14,15,16). The van der Waals surface area contributed by atoms with E-state index in [-0.39, 0.29) is 12.0 Å². The van der Waals surface area contributed by atoms with Gasteiger partial charge in [-0.2, -0.15) is 25.3 Å². The van der Waals surface area contributed by atoms with Gasteiger partial charge in [-0.3, -0.25) is 13.7 Å². The molecule has 0 heterocycles. The topological polar surface area (TPSA) is 172 Å². The van der Waals surface area contributed by atoms with Crippen molar-refractivity contribution in [2.24, 2.45) is 0 Å². The van der Waals surface area contributed by atoms with E-state index in [1.165, 1.54) is 63.1 Å². The van der Waals surface area contributed by atoms with Crippen LogP contribution in [0.25, 0.3) is 10.8 Å². The van der Waals surface area contributed by atoms with Crippen LogP contribution in [0, 0.1) is 0 Å². The van der Waals surface area contributed by atoms with Crippen molar-refractivity contribution in [3.05, 3.63) is 36.4 Å². The Bertz CT molecular complexity index is 1240. The van der Waals surface area contributed by atoms with Gasteiger partial charge in [-0.15, -0.1) is 0 Å². The number of hydrogen-bond acceptors (Lipinski definition) is 7. The van der Waals surface area contributed by atoms with Crippen LogP contribution in [-0.4, -0.2) is 45.5 Å². The molecule has 0 spiro atoms. The molecular weight excluding hydrogens is 520 g/mol. The Morgan fingerprint density at radius 2 is 1.17 bits per heavy atom. The fourth-order valence-corrected chi connectivity index (χ4v) is 5.78. The molecule has 3 N–H and O–H groups in total. The SMILES string of the molecule is CCCCCCCCCCCCOS(=O)(=O)O.O=S(=O)(O)c1ccc2ccccc2c1S(=O)(=O)O. The number of rotatable bonds is 14. The molecule has 2 aromatic carbocycles. The summed E-state index contributed by atoms with van der Waals surface area (Å²) in [5, 5.41) is 0.452. The Kier molecular flexibility index (Phi) is 13.3. The summed E-state index contributed by atoms with van der Waals surface area (Å²) in [4.78, 5) is -1.66. The van der Waals surface area contributed by atoms with Crippen LogP contribution >= 0.6 is 0 Å². The van der Waals surface area contributed by atoms with Crippen molar-refractivity contribution >= 4 is 41.4 Å². The van der Waals surface area contributed by atoms with Gasteiger partial charge in [0, 0.05) is 5.39 Å². The van der Waals surface area contributed by atoms with E-state index in [1.807, 2.05) is 0 Å². The lowest BCUT2D eigenvalue weighted by atomic mass is 10.1. The molecule has 0 aliphatic rings. The lowest BCUT2D eigenvalue weighted by Crippen LogP contribution is -2.09. The maximum Gasteiger partial charge on any atom is 0.397 e. The molecule has 0 aliphatic heterocycles. The molecule has 0 amide bonds. The van der Waals surface area contributed by atoms with Gasteiger partial charge in [0.05, 0.1) is 6.61 Å². The summed E-state index contributed by atoms with van der Waals surface area (Å²) in [6.45, 7) is 2.31. The summed E-state index contributed by atoms with van der Waals surface area (Å²) in [6, 6.07) is 8.28. The van der Waals surface area contributed by atoms with Crippen molar-refractivity contribution in [2.75, 3.05) is 6.61 Å². The average Bonchev–Trinajstić information content (AvgIpc) is 2.75. The first-order valence-electron chi connectivity index (χ1n) is 11.4. The number of unbranched alkanes of at least 4 members (excludes halogenated alkanes) is 9. The molecule has 0 radical (unpaired) electrons. The first kappa shape index (κ1) is 31.4. The third-order valence-corrected chi connectivity index (χ3v) is 7.55. The zero-order valence-electron chi connectivity index (χ0n) is 19.7.